The number of nitrogens with zero attached hydrogens (tertiary/aromatic N) is 1. The Labute approximate surface area is 63.2 Å². The molecule has 1 heterocycles. The summed E-state index contributed by atoms with van der Waals surface area (Å²) in [5.41, 5.74) is 2.30. The summed E-state index contributed by atoms with van der Waals surface area (Å²) in [5, 5.41) is 0. The Balaban J connectivity index is 2.99. The highest BCUT2D eigenvalue weighted by Crippen LogP contribution is 2.14. The summed E-state index contributed by atoms with van der Waals surface area (Å²) in [6, 6.07) is 2.96. The lowest BCUT2D eigenvalue weighted by Gasteiger charge is -2.02. The van der Waals surface area contributed by atoms with Gasteiger partial charge in [0.15, 0.2) is 0 Å². The maximum atomic E-state index is 12.7. The minimum absolute atomic E-state index is 0.144. The summed E-state index contributed by atoms with van der Waals surface area (Å²) in [6.45, 7) is 0. The Morgan fingerprint density at radius 2 is 2.36 bits per heavy atom. The molecule has 11 heavy (non-hydrogen) atoms. The molecule has 0 spiro atoms. The van der Waals surface area contributed by atoms with Crippen molar-refractivity contribution in [2.75, 3.05) is 12.5 Å². The molecule has 0 fully saturated rings. The van der Waals surface area contributed by atoms with E-state index < -0.39 is 5.95 Å². The molecular weight excluding hydrogens is 149 g/mol. The van der Waals surface area contributed by atoms with Crippen LogP contribution < -0.4 is 16.0 Å². The first-order valence-corrected chi connectivity index (χ1v) is 2.95. The third kappa shape index (κ3) is 1.56. The van der Waals surface area contributed by atoms with Gasteiger partial charge >= 0.3 is 0 Å². The molecule has 60 valence electrons. The highest BCUT2D eigenvalue weighted by atomic mass is 19.1. The lowest BCUT2D eigenvalue weighted by Crippen LogP contribution is -2.09. The van der Waals surface area contributed by atoms with E-state index in [1.807, 2.05) is 0 Å². The standard InChI is InChI=1S/C6H8FN3O/c1-11-5-3-2-4(10-8)6(7)9-5/h2-3,10H,8H2,1H3. The Kier molecular flexibility index (Phi) is 2.22. The van der Waals surface area contributed by atoms with Crippen LogP contribution in [-0.2, 0) is 0 Å². The second kappa shape index (κ2) is 3.16. The molecule has 4 nitrogen and oxygen atoms in total. The highest BCUT2D eigenvalue weighted by Gasteiger charge is 2.02. The first-order valence-electron chi connectivity index (χ1n) is 2.95. The van der Waals surface area contributed by atoms with Crippen LogP contribution in [0.1, 0.15) is 0 Å². The lowest BCUT2D eigenvalue weighted by atomic mass is 10.4. The number of halogens is 1. The molecule has 3 N–H and O–H groups in total. The van der Waals surface area contributed by atoms with E-state index in [9.17, 15) is 4.39 Å². The fraction of sp³-hybridized carbons (Fsp3) is 0.167. The van der Waals surface area contributed by atoms with Crippen LogP contribution in [0.3, 0.4) is 0 Å². The fourth-order valence-corrected chi connectivity index (χ4v) is 0.639. The van der Waals surface area contributed by atoms with Crippen molar-refractivity contribution in [2.45, 2.75) is 0 Å². The molecular formula is C6H8FN3O. The zero-order valence-corrected chi connectivity index (χ0v) is 5.97. The molecule has 0 aliphatic carbocycles. The molecule has 0 aromatic carbocycles. The number of hydrogen-bond donors (Lipinski definition) is 2. The SMILES string of the molecule is COc1ccc(NN)c(F)n1. The molecule has 1 aromatic rings. The summed E-state index contributed by atoms with van der Waals surface area (Å²) in [7, 11) is 1.41. The van der Waals surface area contributed by atoms with Crippen LogP contribution in [0.15, 0.2) is 12.1 Å². The van der Waals surface area contributed by atoms with Gasteiger partial charge in [-0.25, -0.2) is 0 Å². The average Bonchev–Trinajstić information content (AvgIpc) is 2.04. The molecule has 0 radical (unpaired) electrons. The summed E-state index contributed by atoms with van der Waals surface area (Å²) >= 11 is 0. The topological polar surface area (TPSA) is 60.2 Å². The van der Waals surface area contributed by atoms with Crippen LogP contribution in [0.5, 0.6) is 5.88 Å². The van der Waals surface area contributed by atoms with Crippen molar-refractivity contribution < 1.29 is 9.13 Å². The molecule has 0 bridgehead atoms. The van der Waals surface area contributed by atoms with Crippen molar-refractivity contribution in [3.05, 3.63) is 18.1 Å². The molecule has 0 aliphatic rings. The van der Waals surface area contributed by atoms with Crippen LogP contribution in [0, 0.1) is 5.95 Å². The van der Waals surface area contributed by atoms with Gasteiger partial charge in [0.2, 0.25) is 11.8 Å². The predicted molar refractivity (Wildman–Crippen MR) is 38.6 cm³/mol. The zero-order valence-electron chi connectivity index (χ0n) is 5.97. The number of methoxy groups -OCH3 is 1. The van der Waals surface area contributed by atoms with Gasteiger partial charge in [0.05, 0.1) is 7.11 Å². The summed E-state index contributed by atoms with van der Waals surface area (Å²) < 4.78 is 17.4. The quantitative estimate of drug-likeness (QED) is 0.373. The minimum Gasteiger partial charge on any atom is -0.481 e. The van der Waals surface area contributed by atoms with E-state index in [-0.39, 0.29) is 11.6 Å². The number of pyridine rings is 1. The zero-order chi connectivity index (χ0) is 8.27. The van der Waals surface area contributed by atoms with Crippen LogP contribution >= 0.6 is 0 Å². The van der Waals surface area contributed by atoms with E-state index in [2.05, 4.69) is 15.1 Å². The number of ether oxygens (including phenoxy) is 1. The molecule has 1 rings (SSSR count). The Hall–Kier alpha value is -1.36. The monoisotopic (exact) mass is 157 g/mol. The number of rotatable bonds is 2. The van der Waals surface area contributed by atoms with E-state index in [1.54, 1.807) is 0 Å². The van der Waals surface area contributed by atoms with Gasteiger partial charge in [0.1, 0.15) is 5.69 Å². The number of nitrogens with two attached hydrogens (primary N) is 1. The van der Waals surface area contributed by atoms with Crippen LogP contribution in [0.2, 0.25) is 0 Å². The third-order valence-electron chi connectivity index (χ3n) is 1.19. The van der Waals surface area contributed by atoms with E-state index in [0.29, 0.717) is 0 Å². The third-order valence-corrected chi connectivity index (χ3v) is 1.19. The highest BCUT2D eigenvalue weighted by molar-refractivity contribution is 5.41. The van der Waals surface area contributed by atoms with Crippen molar-refractivity contribution >= 4 is 5.69 Å². The van der Waals surface area contributed by atoms with Crippen LogP contribution in [0.4, 0.5) is 10.1 Å². The molecule has 0 unspecified atom stereocenters. The van der Waals surface area contributed by atoms with Gasteiger partial charge in [0.25, 0.3) is 0 Å². The maximum absolute atomic E-state index is 12.7. The van der Waals surface area contributed by atoms with Gasteiger partial charge < -0.3 is 10.2 Å². The molecule has 0 saturated heterocycles. The molecule has 0 aliphatic heterocycles. The molecule has 0 saturated carbocycles. The predicted octanol–water partition coefficient (Wildman–Crippen LogP) is 0.515. The van der Waals surface area contributed by atoms with Crippen molar-refractivity contribution in [3.8, 4) is 5.88 Å². The van der Waals surface area contributed by atoms with Crippen molar-refractivity contribution in [3.63, 3.8) is 0 Å². The van der Waals surface area contributed by atoms with Crippen molar-refractivity contribution in [2.24, 2.45) is 5.84 Å². The largest absolute Gasteiger partial charge is 0.481 e. The second-order valence-corrected chi connectivity index (χ2v) is 1.84. The van der Waals surface area contributed by atoms with Gasteiger partial charge in [-0.15, -0.1) is 0 Å². The van der Waals surface area contributed by atoms with Gasteiger partial charge in [-0.05, 0) is 6.07 Å². The fourth-order valence-electron chi connectivity index (χ4n) is 0.639. The van der Waals surface area contributed by atoms with Crippen LogP contribution in [-0.4, -0.2) is 12.1 Å². The van der Waals surface area contributed by atoms with Gasteiger partial charge in [-0.2, -0.15) is 9.37 Å². The second-order valence-electron chi connectivity index (χ2n) is 1.84. The maximum Gasteiger partial charge on any atom is 0.240 e. The molecule has 5 heteroatoms. The number of hydrazine groups is 1. The first-order chi connectivity index (χ1) is 5.27. The minimum atomic E-state index is -0.674. The summed E-state index contributed by atoms with van der Waals surface area (Å²) in [4.78, 5) is 3.43. The van der Waals surface area contributed by atoms with Crippen LogP contribution in [0.25, 0.3) is 0 Å². The van der Waals surface area contributed by atoms with Gasteiger partial charge in [-0.3, -0.25) is 5.84 Å². The molecule has 1 aromatic heterocycles. The van der Waals surface area contributed by atoms with Crippen molar-refractivity contribution in [1.82, 2.24) is 4.98 Å². The van der Waals surface area contributed by atoms with Gasteiger partial charge in [-0.1, -0.05) is 0 Å². The molecule has 0 atom stereocenters. The average molecular weight is 157 g/mol. The Morgan fingerprint density at radius 3 is 2.82 bits per heavy atom. The number of nitrogen functional groups attached to an aromatic ring is 1. The Morgan fingerprint density at radius 1 is 1.64 bits per heavy atom. The van der Waals surface area contributed by atoms with E-state index in [1.165, 1.54) is 19.2 Å². The normalized spacial score (nSPS) is 9.36. The Bertz CT molecular complexity index is 254. The number of anilines is 1. The van der Waals surface area contributed by atoms with E-state index in [0.717, 1.165) is 0 Å². The van der Waals surface area contributed by atoms with E-state index >= 15 is 0 Å². The van der Waals surface area contributed by atoms with Gasteiger partial charge in [0, 0.05) is 6.07 Å². The number of hydrogen-bond acceptors (Lipinski definition) is 4. The van der Waals surface area contributed by atoms with E-state index in [4.69, 9.17) is 5.84 Å². The lowest BCUT2D eigenvalue weighted by molar-refractivity contribution is 0.388. The smallest absolute Gasteiger partial charge is 0.240 e. The number of nitrogens with one attached hydrogen (secondary N) is 1. The first kappa shape index (κ1) is 7.74. The summed E-state index contributed by atoms with van der Waals surface area (Å²) in [6.07, 6.45) is 0. The summed E-state index contributed by atoms with van der Waals surface area (Å²) in [5.74, 6) is 4.52. The number of aromatic nitrogens is 1. The van der Waals surface area contributed by atoms with Crippen molar-refractivity contribution in [1.29, 1.82) is 0 Å². The molecule has 0 amide bonds.